The molecule has 2 saturated heterocycles. The van der Waals surface area contributed by atoms with Crippen molar-refractivity contribution in [2.24, 2.45) is 0 Å². The minimum atomic E-state index is -1.29. The molecule has 1 saturated carbocycles. The molecule has 1 atom stereocenters. The summed E-state index contributed by atoms with van der Waals surface area (Å²) < 4.78 is 0. The van der Waals surface area contributed by atoms with Gasteiger partial charge in [-0.3, -0.25) is 52.7 Å². The highest BCUT2D eigenvalue weighted by Crippen LogP contribution is 2.34. The fourth-order valence-electron chi connectivity index (χ4n) is 5.24. The van der Waals surface area contributed by atoms with Crippen LogP contribution < -0.4 is 53.2 Å². The third-order valence-corrected chi connectivity index (χ3v) is 8.05. The molecule has 2 heterocycles. The quantitative estimate of drug-likeness (QED) is 0.112. The van der Waals surface area contributed by atoms with Crippen molar-refractivity contribution in [3.63, 3.8) is 0 Å². The molecule has 0 aromatic rings. The molecule has 3 rings (SSSR count). The lowest BCUT2D eigenvalue weighted by molar-refractivity contribution is -0.154. The molecule has 0 aromatic carbocycles. The van der Waals surface area contributed by atoms with Gasteiger partial charge in [0.25, 0.3) is 0 Å². The van der Waals surface area contributed by atoms with Gasteiger partial charge in [0.15, 0.2) is 0 Å². The SMILES string of the molecule is O=C1CCNC(=O)CNC(=O)CNC(=O)C2CCN2C(=O)C2(CCCC2)NC(=O)CNC(=O)CNC(=O)CNC(=O)CNC(=O)CNC(=O)CN1. The van der Waals surface area contributed by atoms with Gasteiger partial charge in [0.1, 0.15) is 11.6 Å². The Morgan fingerprint density at radius 2 is 0.824 bits per heavy atom. The molecule has 11 amide bonds. The second kappa shape index (κ2) is 19.4. The molecule has 1 spiro atoms. The first-order valence-electron chi connectivity index (χ1n) is 16.3. The third-order valence-electron chi connectivity index (χ3n) is 8.05. The summed E-state index contributed by atoms with van der Waals surface area (Å²) in [6.07, 6.45) is 2.02. The average molecular weight is 722 g/mol. The van der Waals surface area contributed by atoms with Crippen molar-refractivity contribution in [1.29, 1.82) is 0 Å². The van der Waals surface area contributed by atoms with E-state index in [4.69, 9.17) is 0 Å². The molecule has 10 N–H and O–H groups in total. The number of amides is 11. The Kier molecular flexibility index (Phi) is 15.1. The van der Waals surface area contributed by atoms with Gasteiger partial charge in [0, 0.05) is 19.5 Å². The molecule has 22 nitrogen and oxygen atoms in total. The number of hydrogen-bond donors (Lipinski definition) is 10. The highest BCUT2D eigenvalue weighted by atomic mass is 16.2. The molecule has 3 aliphatic rings. The zero-order valence-electron chi connectivity index (χ0n) is 27.8. The van der Waals surface area contributed by atoms with Crippen molar-refractivity contribution in [2.45, 2.75) is 50.1 Å². The molecule has 1 unspecified atom stereocenters. The maximum Gasteiger partial charge on any atom is 0.249 e. The van der Waals surface area contributed by atoms with Gasteiger partial charge in [0.2, 0.25) is 65.0 Å². The van der Waals surface area contributed by atoms with Gasteiger partial charge in [-0.2, -0.15) is 0 Å². The van der Waals surface area contributed by atoms with E-state index in [0.717, 1.165) is 0 Å². The van der Waals surface area contributed by atoms with E-state index in [1.807, 2.05) is 0 Å². The molecule has 2 aliphatic heterocycles. The van der Waals surface area contributed by atoms with Crippen molar-refractivity contribution in [2.75, 3.05) is 65.4 Å². The van der Waals surface area contributed by atoms with Crippen molar-refractivity contribution in [1.82, 2.24) is 58.1 Å². The smallest absolute Gasteiger partial charge is 0.249 e. The molecule has 51 heavy (non-hydrogen) atoms. The zero-order chi connectivity index (χ0) is 37.4. The van der Waals surface area contributed by atoms with Gasteiger partial charge in [-0.15, -0.1) is 0 Å². The minimum absolute atomic E-state index is 0.118. The molecule has 0 bridgehead atoms. The van der Waals surface area contributed by atoms with Gasteiger partial charge >= 0.3 is 0 Å². The molecule has 1 aliphatic carbocycles. The molecular formula is C29H43N11O11. The lowest BCUT2D eigenvalue weighted by Crippen LogP contribution is -2.67. The highest BCUT2D eigenvalue weighted by Gasteiger charge is 2.49. The summed E-state index contributed by atoms with van der Waals surface area (Å²) in [5.74, 6) is -7.30. The third kappa shape index (κ3) is 13.2. The number of fused-ring (bicyclic) bond motifs is 1. The molecule has 0 aromatic heterocycles. The fraction of sp³-hybridized carbons (Fsp3) is 0.621. The average Bonchev–Trinajstić information content (AvgIpc) is 3.56. The molecular weight excluding hydrogens is 678 g/mol. The second-order valence-electron chi connectivity index (χ2n) is 11.9. The number of hydrogen-bond acceptors (Lipinski definition) is 11. The maximum atomic E-state index is 13.6. The van der Waals surface area contributed by atoms with Gasteiger partial charge in [-0.1, -0.05) is 12.8 Å². The largest absolute Gasteiger partial charge is 0.354 e. The highest BCUT2D eigenvalue weighted by molar-refractivity contribution is 5.98. The Bertz CT molecular complexity index is 1410. The Morgan fingerprint density at radius 3 is 1.24 bits per heavy atom. The van der Waals surface area contributed by atoms with Crippen LogP contribution in [0.25, 0.3) is 0 Å². The molecule has 0 radical (unpaired) electrons. The number of rotatable bonds is 0. The summed E-state index contributed by atoms with van der Waals surface area (Å²) >= 11 is 0. The molecule has 280 valence electrons. The molecule has 22 heteroatoms. The van der Waals surface area contributed by atoms with Crippen molar-refractivity contribution in [3.05, 3.63) is 0 Å². The Balaban J connectivity index is 1.57. The number of nitrogens with zero attached hydrogens (tertiary/aromatic N) is 1. The first-order chi connectivity index (χ1) is 24.3. The predicted molar refractivity (Wildman–Crippen MR) is 171 cm³/mol. The van der Waals surface area contributed by atoms with Crippen LogP contribution in [0.3, 0.4) is 0 Å². The minimum Gasteiger partial charge on any atom is -0.354 e. The van der Waals surface area contributed by atoms with E-state index in [1.54, 1.807) is 0 Å². The standard InChI is InChI=1S/C29H43N11O11/c41-18-3-7-30-19(42)9-32-25(48)15-38-27(50)17-4-8-40(17)28(51)29(5-1-2-6-29)39-26(49)16-37-24(47)14-36-23(46)13-35-22(45)12-34-21(44)11-33-20(43)10-31-18/h17H,1-16H2,(H,30,42)(H,31,41)(H,32,48)(H,33,43)(H,34,44)(H,35,45)(H,36,46)(H,37,47)(H,38,50)(H,39,49). The summed E-state index contributed by atoms with van der Waals surface area (Å²) in [5, 5.41) is 23.4. The molecule has 3 fully saturated rings. The van der Waals surface area contributed by atoms with Crippen LogP contribution in [-0.2, 0) is 52.7 Å². The lowest BCUT2D eigenvalue weighted by Gasteiger charge is -2.44. The van der Waals surface area contributed by atoms with Gasteiger partial charge in [-0.25, -0.2) is 0 Å². The van der Waals surface area contributed by atoms with Crippen LogP contribution >= 0.6 is 0 Å². The van der Waals surface area contributed by atoms with E-state index in [2.05, 4.69) is 53.2 Å². The van der Waals surface area contributed by atoms with Crippen LogP contribution in [0.1, 0.15) is 38.5 Å². The van der Waals surface area contributed by atoms with E-state index in [1.165, 1.54) is 4.90 Å². The van der Waals surface area contributed by atoms with Crippen LogP contribution in [0.5, 0.6) is 0 Å². The number of carbonyl (C=O) groups is 11. The van der Waals surface area contributed by atoms with Crippen LogP contribution in [0.15, 0.2) is 0 Å². The first-order valence-corrected chi connectivity index (χ1v) is 16.3. The van der Waals surface area contributed by atoms with Crippen LogP contribution in [0.2, 0.25) is 0 Å². The predicted octanol–water partition coefficient (Wildman–Crippen LogP) is -7.53. The number of nitrogens with one attached hydrogen (secondary N) is 10. The summed E-state index contributed by atoms with van der Waals surface area (Å²) in [7, 11) is 0. The monoisotopic (exact) mass is 721 g/mol. The van der Waals surface area contributed by atoms with E-state index >= 15 is 0 Å². The van der Waals surface area contributed by atoms with E-state index < -0.39 is 129 Å². The summed E-state index contributed by atoms with van der Waals surface area (Å²) in [6, 6.07) is -0.880. The van der Waals surface area contributed by atoms with Crippen molar-refractivity contribution in [3.8, 4) is 0 Å². The van der Waals surface area contributed by atoms with E-state index in [9.17, 15) is 52.7 Å². The van der Waals surface area contributed by atoms with Gasteiger partial charge in [-0.05, 0) is 19.3 Å². The number of carbonyl (C=O) groups excluding carboxylic acids is 11. The van der Waals surface area contributed by atoms with Crippen LogP contribution in [0, 0.1) is 0 Å². The normalized spacial score (nSPS) is 23.6. The Labute approximate surface area is 291 Å². The summed E-state index contributed by atoms with van der Waals surface area (Å²) in [4.78, 5) is 137. The van der Waals surface area contributed by atoms with Crippen LogP contribution in [-0.4, -0.2) is 147 Å². The van der Waals surface area contributed by atoms with Crippen molar-refractivity contribution < 1.29 is 52.7 Å². The second-order valence-corrected chi connectivity index (χ2v) is 11.9. The zero-order valence-corrected chi connectivity index (χ0v) is 27.8. The Morgan fingerprint density at radius 1 is 0.451 bits per heavy atom. The summed E-state index contributed by atoms with van der Waals surface area (Å²) in [6.45, 7) is -3.89. The van der Waals surface area contributed by atoms with E-state index in [0.29, 0.717) is 32.1 Å². The fourth-order valence-corrected chi connectivity index (χ4v) is 5.24. The Hall–Kier alpha value is -5.83. The first kappa shape index (κ1) is 39.6. The van der Waals surface area contributed by atoms with Crippen molar-refractivity contribution >= 4 is 65.0 Å². The van der Waals surface area contributed by atoms with Gasteiger partial charge < -0.3 is 58.1 Å². The van der Waals surface area contributed by atoms with E-state index in [-0.39, 0.29) is 19.5 Å². The van der Waals surface area contributed by atoms with Crippen LogP contribution in [0.4, 0.5) is 0 Å². The van der Waals surface area contributed by atoms with Gasteiger partial charge in [0.05, 0.1) is 52.4 Å². The topological polar surface area (TPSA) is 311 Å². The summed E-state index contributed by atoms with van der Waals surface area (Å²) in [5.41, 5.74) is -1.29. The lowest BCUT2D eigenvalue weighted by atomic mass is 9.90. The maximum absolute atomic E-state index is 13.6.